The Kier molecular flexibility index (Phi) is 6.45. The number of methoxy groups -OCH3 is 1. The van der Waals surface area contributed by atoms with Gasteiger partial charge in [-0.1, -0.05) is 31.4 Å². The van der Waals surface area contributed by atoms with Gasteiger partial charge in [0.25, 0.3) is 0 Å². The Labute approximate surface area is 112 Å². The first-order valence-electron chi connectivity index (χ1n) is 5.67. The summed E-state index contributed by atoms with van der Waals surface area (Å²) in [4.78, 5) is 12.7. The number of carbonyl (C=O) groups is 1. The van der Waals surface area contributed by atoms with E-state index in [4.69, 9.17) is 16.3 Å². The summed E-state index contributed by atoms with van der Waals surface area (Å²) in [5.74, 6) is -0.154. The maximum Gasteiger partial charge on any atom is 0.319 e. The zero-order chi connectivity index (χ0) is 12.7. The third-order valence-corrected chi connectivity index (χ3v) is 3.88. The van der Waals surface area contributed by atoms with Gasteiger partial charge in [0.1, 0.15) is 5.25 Å². The highest BCUT2D eigenvalue weighted by molar-refractivity contribution is 8.00. The van der Waals surface area contributed by atoms with Crippen LogP contribution in [-0.2, 0) is 9.53 Å². The van der Waals surface area contributed by atoms with Crippen molar-refractivity contribution in [3.63, 3.8) is 0 Å². The van der Waals surface area contributed by atoms with Gasteiger partial charge in [-0.2, -0.15) is 0 Å². The average Bonchev–Trinajstić information content (AvgIpc) is 2.36. The second-order valence-corrected chi connectivity index (χ2v) is 5.44. The minimum atomic E-state index is -0.154. The Morgan fingerprint density at radius 1 is 1.41 bits per heavy atom. The zero-order valence-corrected chi connectivity index (χ0v) is 11.7. The van der Waals surface area contributed by atoms with Gasteiger partial charge >= 0.3 is 5.97 Å². The molecule has 0 aliphatic rings. The number of ether oxygens (including phenoxy) is 1. The van der Waals surface area contributed by atoms with Gasteiger partial charge in [0.2, 0.25) is 0 Å². The summed E-state index contributed by atoms with van der Waals surface area (Å²) in [6.45, 7) is 2.11. The molecule has 1 atom stereocenters. The number of unbranched alkanes of at least 4 members (excludes halogenated alkanes) is 1. The van der Waals surface area contributed by atoms with Crippen molar-refractivity contribution in [2.24, 2.45) is 0 Å². The van der Waals surface area contributed by atoms with Crippen LogP contribution in [0.4, 0.5) is 0 Å². The maximum atomic E-state index is 11.6. The third-order valence-electron chi connectivity index (χ3n) is 2.38. The van der Waals surface area contributed by atoms with E-state index >= 15 is 0 Å². The molecule has 0 aliphatic carbocycles. The van der Waals surface area contributed by atoms with Crippen LogP contribution in [0, 0.1) is 0 Å². The number of benzene rings is 1. The first kappa shape index (κ1) is 14.4. The highest BCUT2D eigenvalue weighted by Crippen LogP contribution is 2.28. The van der Waals surface area contributed by atoms with Crippen LogP contribution in [0.1, 0.15) is 26.2 Å². The molecule has 4 heteroatoms. The molecule has 1 aromatic rings. The summed E-state index contributed by atoms with van der Waals surface area (Å²) < 4.78 is 4.82. The number of hydrogen-bond donors (Lipinski definition) is 0. The van der Waals surface area contributed by atoms with Gasteiger partial charge in [0, 0.05) is 9.92 Å². The first-order valence-corrected chi connectivity index (χ1v) is 6.93. The van der Waals surface area contributed by atoms with Gasteiger partial charge in [-0.15, -0.1) is 11.8 Å². The monoisotopic (exact) mass is 272 g/mol. The van der Waals surface area contributed by atoms with Crippen LogP contribution in [0.3, 0.4) is 0 Å². The lowest BCUT2D eigenvalue weighted by Gasteiger charge is -2.13. The fourth-order valence-corrected chi connectivity index (χ4v) is 2.65. The lowest BCUT2D eigenvalue weighted by atomic mass is 10.2. The smallest absolute Gasteiger partial charge is 0.319 e. The number of halogens is 1. The molecule has 0 radical (unpaired) electrons. The van der Waals surface area contributed by atoms with E-state index in [1.807, 2.05) is 24.3 Å². The molecule has 0 fully saturated rings. The first-order chi connectivity index (χ1) is 8.17. The topological polar surface area (TPSA) is 26.3 Å². The van der Waals surface area contributed by atoms with E-state index in [9.17, 15) is 4.79 Å². The van der Waals surface area contributed by atoms with Crippen molar-refractivity contribution >= 4 is 29.3 Å². The standard InChI is InChI=1S/C13H17ClO2S/c1-3-4-5-12(13(15)16-2)17-11-8-6-10(14)7-9-11/h6-9,12H,3-5H2,1-2H3. The molecule has 0 aliphatic heterocycles. The highest BCUT2D eigenvalue weighted by Gasteiger charge is 2.19. The Morgan fingerprint density at radius 2 is 2.06 bits per heavy atom. The van der Waals surface area contributed by atoms with Crippen molar-refractivity contribution in [1.82, 2.24) is 0 Å². The highest BCUT2D eigenvalue weighted by atomic mass is 35.5. The quantitative estimate of drug-likeness (QED) is 0.574. The van der Waals surface area contributed by atoms with Gasteiger partial charge in [-0.3, -0.25) is 4.79 Å². The number of esters is 1. The van der Waals surface area contributed by atoms with Crippen molar-refractivity contribution in [3.05, 3.63) is 29.3 Å². The second kappa shape index (κ2) is 7.62. The molecule has 1 aromatic carbocycles. The van der Waals surface area contributed by atoms with E-state index in [0.29, 0.717) is 5.02 Å². The molecule has 1 rings (SSSR count). The third kappa shape index (κ3) is 5.00. The van der Waals surface area contributed by atoms with E-state index in [-0.39, 0.29) is 11.2 Å². The number of rotatable bonds is 6. The molecular formula is C13H17ClO2S. The van der Waals surface area contributed by atoms with E-state index in [2.05, 4.69) is 6.92 Å². The molecule has 0 saturated carbocycles. The van der Waals surface area contributed by atoms with Crippen LogP contribution in [-0.4, -0.2) is 18.3 Å². The van der Waals surface area contributed by atoms with Gasteiger partial charge < -0.3 is 4.74 Å². The Morgan fingerprint density at radius 3 is 2.59 bits per heavy atom. The average molecular weight is 273 g/mol. The van der Waals surface area contributed by atoms with Gasteiger partial charge in [-0.25, -0.2) is 0 Å². The van der Waals surface area contributed by atoms with Crippen molar-refractivity contribution in [2.45, 2.75) is 36.3 Å². The van der Waals surface area contributed by atoms with Crippen LogP contribution in [0.5, 0.6) is 0 Å². The van der Waals surface area contributed by atoms with Crippen LogP contribution in [0.25, 0.3) is 0 Å². The number of thioether (sulfide) groups is 1. The van der Waals surface area contributed by atoms with Crippen LogP contribution in [0.2, 0.25) is 5.02 Å². The van der Waals surface area contributed by atoms with Crippen LogP contribution < -0.4 is 0 Å². The fourth-order valence-electron chi connectivity index (χ4n) is 1.42. The largest absolute Gasteiger partial charge is 0.468 e. The lowest BCUT2D eigenvalue weighted by Crippen LogP contribution is -2.18. The number of carbonyl (C=O) groups excluding carboxylic acids is 1. The van der Waals surface area contributed by atoms with Gasteiger partial charge in [0.15, 0.2) is 0 Å². The van der Waals surface area contributed by atoms with Crippen molar-refractivity contribution in [2.75, 3.05) is 7.11 Å². The predicted octanol–water partition coefficient (Wildman–Crippen LogP) is 4.16. The summed E-state index contributed by atoms with van der Waals surface area (Å²) in [6.07, 6.45) is 2.95. The molecule has 0 amide bonds. The van der Waals surface area contributed by atoms with E-state index in [1.165, 1.54) is 18.9 Å². The molecule has 94 valence electrons. The molecule has 0 spiro atoms. The normalized spacial score (nSPS) is 12.2. The molecular weight excluding hydrogens is 256 g/mol. The summed E-state index contributed by atoms with van der Waals surface area (Å²) in [5, 5.41) is 0.582. The fraction of sp³-hybridized carbons (Fsp3) is 0.462. The van der Waals surface area contributed by atoms with E-state index < -0.39 is 0 Å². The SMILES string of the molecule is CCCCC(Sc1ccc(Cl)cc1)C(=O)OC. The summed E-state index contributed by atoms with van der Waals surface area (Å²) in [7, 11) is 1.43. The Hall–Kier alpha value is -0.670. The minimum Gasteiger partial charge on any atom is -0.468 e. The van der Waals surface area contributed by atoms with E-state index in [1.54, 1.807) is 0 Å². The summed E-state index contributed by atoms with van der Waals surface area (Å²) in [5.41, 5.74) is 0. The molecule has 0 heterocycles. The predicted molar refractivity (Wildman–Crippen MR) is 72.6 cm³/mol. The molecule has 0 aromatic heterocycles. The lowest BCUT2D eigenvalue weighted by molar-refractivity contribution is -0.140. The number of hydrogen-bond acceptors (Lipinski definition) is 3. The van der Waals surface area contributed by atoms with Crippen LogP contribution in [0.15, 0.2) is 29.2 Å². The Bertz CT molecular complexity index is 351. The van der Waals surface area contributed by atoms with Crippen molar-refractivity contribution in [1.29, 1.82) is 0 Å². The maximum absolute atomic E-state index is 11.6. The van der Waals surface area contributed by atoms with Crippen molar-refractivity contribution < 1.29 is 9.53 Å². The van der Waals surface area contributed by atoms with E-state index in [0.717, 1.165) is 24.2 Å². The molecule has 0 bridgehead atoms. The van der Waals surface area contributed by atoms with Crippen LogP contribution >= 0.6 is 23.4 Å². The molecule has 0 N–H and O–H groups in total. The Balaban J connectivity index is 2.64. The zero-order valence-electron chi connectivity index (χ0n) is 10.1. The minimum absolute atomic E-state index is 0.124. The molecule has 2 nitrogen and oxygen atoms in total. The molecule has 0 saturated heterocycles. The molecule has 17 heavy (non-hydrogen) atoms. The van der Waals surface area contributed by atoms with Gasteiger partial charge in [0.05, 0.1) is 7.11 Å². The summed E-state index contributed by atoms with van der Waals surface area (Å²) >= 11 is 7.36. The van der Waals surface area contributed by atoms with Crippen molar-refractivity contribution in [3.8, 4) is 0 Å². The molecule has 1 unspecified atom stereocenters. The summed E-state index contributed by atoms with van der Waals surface area (Å²) in [6, 6.07) is 7.51. The van der Waals surface area contributed by atoms with Gasteiger partial charge in [-0.05, 0) is 30.7 Å². The second-order valence-electron chi connectivity index (χ2n) is 3.73.